The maximum atomic E-state index is 12.9. The Kier molecular flexibility index (Phi) is 3.58. The van der Waals surface area contributed by atoms with Crippen LogP contribution >= 0.6 is 15.9 Å². The molecular formula is C17H13BrN2O2. The maximum absolute atomic E-state index is 12.9. The fraction of sp³-hybridized carbons (Fsp3) is 0.0588. The molecule has 2 aromatic carbocycles. The summed E-state index contributed by atoms with van der Waals surface area (Å²) in [5.74, 6) is -0.725. The summed E-state index contributed by atoms with van der Waals surface area (Å²) in [7, 11) is 0. The standard InChI is InChI=1S/C17H13BrN2O2/c1-10-15(16(19)21)13-7-2-3-8-14(13)20(10)17(22)11-5-4-6-12(18)9-11/h2-9H,1H3,(H2,19,21). The molecule has 0 aliphatic heterocycles. The molecule has 1 aromatic heterocycles. The summed E-state index contributed by atoms with van der Waals surface area (Å²) < 4.78 is 2.36. The molecule has 0 aliphatic rings. The summed E-state index contributed by atoms with van der Waals surface area (Å²) >= 11 is 3.36. The minimum atomic E-state index is -0.533. The average Bonchev–Trinajstić information content (AvgIpc) is 2.78. The molecule has 0 unspecified atom stereocenters. The van der Waals surface area contributed by atoms with Gasteiger partial charge in [-0.3, -0.25) is 14.2 Å². The number of hydrogen-bond donors (Lipinski definition) is 1. The van der Waals surface area contributed by atoms with Crippen molar-refractivity contribution >= 4 is 38.6 Å². The highest BCUT2D eigenvalue weighted by molar-refractivity contribution is 9.10. The summed E-state index contributed by atoms with van der Waals surface area (Å²) in [6.45, 7) is 1.73. The molecule has 0 saturated heterocycles. The van der Waals surface area contributed by atoms with E-state index in [9.17, 15) is 9.59 Å². The largest absolute Gasteiger partial charge is 0.366 e. The van der Waals surface area contributed by atoms with Crippen LogP contribution in [-0.2, 0) is 0 Å². The lowest BCUT2D eigenvalue weighted by atomic mass is 10.1. The highest BCUT2D eigenvalue weighted by Crippen LogP contribution is 2.26. The molecule has 3 rings (SSSR count). The van der Waals surface area contributed by atoms with E-state index in [4.69, 9.17) is 5.73 Å². The summed E-state index contributed by atoms with van der Waals surface area (Å²) in [6, 6.07) is 14.4. The van der Waals surface area contributed by atoms with Crippen molar-refractivity contribution in [2.45, 2.75) is 6.92 Å². The first-order valence-electron chi connectivity index (χ1n) is 6.71. The lowest BCUT2D eigenvalue weighted by Gasteiger charge is -2.07. The van der Waals surface area contributed by atoms with Gasteiger partial charge in [-0.2, -0.15) is 0 Å². The predicted molar refractivity (Wildman–Crippen MR) is 89.1 cm³/mol. The number of aromatic nitrogens is 1. The lowest BCUT2D eigenvalue weighted by molar-refractivity contribution is 0.0963. The molecule has 1 heterocycles. The van der Waals surface area contributed by atoms with E-state index in [0.717, 1.165) is 4.47 Å². The van der Waals surface area contributed by atoms with Gasteiger partial charge in [0.15, 0.2) is 0 Å². The number of hydrogen-bond acceptors (Lipinski definition) is 2. The molecule has 0 aliphatic carbocycles. The van der Waals surface area contributed by atoms with Crippen molar-refractivity contribution in [3.05, 3.63) is 69.8 Å². The third-order valence-corrected chi connectivity index (χ3v) is 4.13. The van der Waals surface area contributed by atoms with Crippen LogP contribution in [-0.4, -0.2) is 16.4 Å². The third-order valence-electron chi connectivity index (χ3n) is 3.63. The molecule has 22 heavy (non-hydrogen) atoms. The summed E-state index contributed by atoms with van der Waals surface area (Å²) in [5.41, 5.74) is 7.64. The van der Waals surface area contributed by atoms with E-state index in [2.05, 4.69) is 15.9 Å². The summed E-state index contributed by atoms with van der Waals surface area (Å²) in [6.07, 6.45) is 0. The van der Waals surface area contributed by atoms with Crippen LogP contribution in [0.25, 0.3) is 10.9 Å². The van der Waals surface area contributed by atoms with Crippen molar-refractivity contribution in [3.8, 4) is 0 Å². The number of para-hydroxylation sites is 1. The number of nitrogens with zero attached hydrogens (tertiary/aromatic N) is 1. The zero-order valence-corrected chi connectivity index (χ0v) is 13.4. The number of rotatable bonds is 2. The number of primary amides is 1. The first kappa shape index (κ1) is 14.5. The molecule has 0 bridgehead atoms. The van der Waals surface area contributed by atoms with Crippen molar-refractivity contribution in [1.29, 1.82) is 0 Å². The molecule has 3 aromatic rings. The van der Waals surface area contributed by atoms with Gasteiger partial charge < -0.3 is 5.73 Å². The van der Waals surface area contributed by atoms with Gasteiger partial charge in [-0.05, 0) is 31.2 Å². The number of amides is 1. The Morgan fingerprint density at radius 2 is 1.82 bits per heavy atom. The average molecular weight is 357 g/mol. The topological polar surface area (TPSA) is 65.1 Å². The van der Waals surface area contributed by atoms with Crippen molar-refractivity contribution in [1.82, 2.24) is 4.57 Å². The normalized spacial score (nSPS) is 10.8. The van der Waals surface area contributed by atoms with Gasteiger partial charge in [0.25, 0.3) is 11.8 Å². The van der Waals surface area contributed by atoms with Gasteiger partial charge in [-0.15, -0.1) is 0 Å². The fourth-order valence-corrected chi connectivity index (χ4v) is 3.09. The van der Waals surface area contributed by atoms with Crippen LogP contribution in [0.15, 0.2) is 53.0 Å². The van der Waals surface area contributed by atoms with E-state index >= 15 is 0 Å². The Labute approximate surface area is 135 Å². The summed E-state index contributed by atoms with van der Waals surface area (Å²) in [4.78, 5) is 24.6. The minimum Gasteiger partial charge on any atom is -0.366 e. The van der Waals surface area contributed by atoms with E-state index in [0.29, 0.717) is 27.7 Å². The Morgan fingerprint density at radius 1 is 1.09 bits per heavy atom. The lowest BCUT2D eigenvalue weighted by Crippen LogP contribution is -2.16. The van der Waals surface area contributed by atoms with Gasteiger partial charge in [0, 0.05) is 21.1 Å². The Bertz CT molecular complexity index is 912. The molecule has 0 saturated carbocycles. The fourth-order valence-electron chi connectivity index (χ4n) is 2.69. The van der Waals surface area contributed by atoms with Crippen LogP contribution in [0.4, 0.5) is 0 Å². The van der Waals surface area contributed by atoms with Crippen LogP contribution < -0.4 is 5.73 Å². The number of carbonyl (C=O) groups excluding carboxylic acids is 2. The zero-order chi connectivity index (χ0) is 15.9. The molecule has 110 valence electrons. The van der Waals surface area contributed by atoms with Crippen molar-refractivity contribution in [2.24, 2.45) is 5.73 Å². The highest BCUT2D eigenvalue weighted by Gasteiger charge is 2.22. The van der Waals surface area contributed by atoms with E-state index in [1.54, 1.807) is 31.2 Å². The van der Waals surface area contributed by atoms with Crippen LogP contribution in [0.5, 0.6) is 0 Å². The smallest absolute Gasteiger partial charge is 0.262 e. The molecule has 0 fully saturated rings. The first-order chi connectivity index (χ1) is 10.5. The van der Waals surface area contributed by atoms with Crippen molar-refractivity contribution < 1.29 is 9.59 Å². The number of fused-ring (bicyclic) bond motifs is 1. The predicted octanol–water partition coefficient (Wildman–Crippen LogP) is 3.50. The Balaban J connectivity index is 2.29. The number of nitrogens with two attached hydrogens (primary N) is 1. The van der Waals surface area contributed by atoms with Gasteiger partial charge in [0.05, 0.1) is 11.1 Å². The quantitative estimate of drug-likeness (QED) is 0.763. The number of benzene rings is 2. The van der Waals surface area contributed by atoms with Gasteiger partial charge in [0.1, 0.15) is 0 Å². The first-order valence-corrected chi connectivity index (χ1v) is 7.50. The van der Waals surface area contributed by atoms with Crippen LogP contribution in [0.1, 0.15) is 26.4 Å². The molecule has 2 N–H and O–H groups in total. The molecular weight excluding hydrogens is 344 g/mol. The molecule has 1 amide bonds. The third kappa shape index (κ3) is 2.23. The maximum Gasteiger partial charge on any atom is 0.262 e. The second-order valence-electron chi connectivity index (χ2n) is 4.99. The Morgan fingerprint density at radius 3 is 2.50 bits per heavy atom. The monoisotopic (exact) mass is 356 g/mol. The molecule has 4 nitrogen and oxygen atoms in total. The molecule has 0 atom stereocenters. The second kappa shape index (κ2) is 5.42. The van der Waals surface area contributed by atoms with E-state index < -0.39 is 5.91 Å². The Hall–Kier alpha value is -2.40. The second-order valence-corrected chi connectivity index (χ2v) is 5.91. The van der Waals surface area contributed by atoms with Gasteiger partial charge >= 0.3 is 0 Å². The van der Waals surface area contributed by atoms with Crippen molar-refractivity contribution in [2.75, 3.05) is 0 Å². The SMILES string of the molecule is Cc1c(C(N)=O)c2ccccc2n1C(=O)c1cccc(Br)c1. The number of carbonyl (C=O) groups is 2. The molecule has 0 spiro atoms. The molecule has 5 heteroatoms. The van der Waals surface area contributed by atoms with Crippen LogP contribution in [0.3, 0.4) is 0 Å². The van der Waals surface area contributed by atoms with Crippen LogP contribution in [0, 0.1) is 6.92 Å². The van der Waals surface area contributed by atoms with Gasteiger partial charge in [-0.25, -0.2) is 0 Å². The van der Waals surface area contributed by atoms with Gasteiger partial charge in [0.2, 0.25) is 0 Å². The van der Waals surface area contributed by atoms with Crippen LogP contribution in [0.2, 0.25) is 0 Å². The van der Waals surface area contributed by atoms with E-state index in [1.165, 1.54) is 4.57 Å². The van der Waals surface area contributed by atoms with E-state index in [-0.39, 0.29) is 5.91 Å². The summed E-state index contributed by atoms with van der Waals surface area (Å²) in [5, 5.41) is 0.691. The highest BCUT2D eigenvalue weighted by atomic mass is 79.9. The minimum absolute atomic E-state index is 0.192. The van der Waals surface area contributed by atoms with E-state index in [1.807, 2.05) is 24.3 Å². The molecule has 0 radical (unpaired) electrons. The zero-order valence-electron chi connectivity index (χ0n) is 11.8. The number of halogens is 1. The van der Waals surface area contributed by atoms with Crippen molar-refractivity contribution in [3.63, 3.8) is 0 Å². The van der Waals surface area contributed by atoms with Gasteiger partial charge in [-0.1, -0.05) is 40.2 Å².